The summed E-state index contributed by atoms with van der Waals surface area (Å²) < 4.78 is 4.63. The molecule has 13 heavy (non-hydrogen) atoms. The molecule has 0 aromatic heterocycles. The summed E-state index contributed by atoms with van der Waals surface area (Å²) in [4.78, 5) is 10.3. The standard InChI is InChI=1S/C7H11NO3S2/c1-2-11-3-4-12-13-5-6(8)7(9)10/h1,6H,3-5,8H2,(H,9,10). The monoisotopic (exact) mass is 221 g/mol. The van der Waals surface area contributed by atoms with Crippen LogP contribution in [0.15, 0.2) is 0 Å². The maximum absolute atomic E-state index is 10.3. The van der Waals surface area contributed by atoms with Gasteiger partial charge in [0, 0.05) is 11.5 Å². The van der Waals surface area contributed by atoms with Gasteiger partial charge in [-0.3, -0.25) is 4.79 Å². The predicted octanol–water partition coefficient (Wildman–Crippen LogP) is 0.387. The molecular formula is C7H11NO3S2. The first-order valence-corrected chi connectivity index (χ1v) is 5.97. The van der Waals surface area contributed by atoms with Crippen LogP contribution in [-0.2, 0) is 9.53 Å². The average Bonchev–Trinajstić information content (AvgIpc) is 2.10. The zero-order chi connectivity index (χ0) is 10.1. The van der Waals surface area contributed by atoms with Gasteiger partial charge in [-0.25, -0.2) is 0 Å². The van der Waals surface area contributed by atoms with Gasteiger partial charge in [-0.1, -0.05) is 28.0 Å². The van der Waals surface area contributed by atoms with Gasteiger partial charge in [-0.05, 0) is 0 Å². The minimum Gasteiger partial charge on any atom is -0.480 e. The molecule has 0 aromatic carbocycles. The molecule has 0 saturated heterocycles. The Labute approximate surface area is 85.0 Å². The quantitative estimate of drug-likeness (QED) is 0.368. The fourth-order valence-corrected chi connectivity index (χ4v) is 2.33. The highest BCUT2D eigenvalue weighted by Crippen LogP contribution is 2.20. The molecule has 0 saturated carbocycles. The van der Waals surface area contributed by atoms with E-state index in [-0.39, 0.29) is 0 Å². The third-order valence-corrected chi connectivity index (χ3v) is 3.40. The van der Waals surface area contributed by atoms with Gasteiger partial charge >= 0.3 is 5.97 Å². The second kappa shape index (κ2) is 8.10. The van der Waals surface area contributed by atoms with Crippen molar-refractivity contribution in [1.82, 2.24) is 0 Å². The van der Waals surface area contributed by atoms with Crippen LogP contribution < -0.4 is 5.73 Å². The summed E-state index contributed by atoms with van der Waals surface area (Å²) in [5.74, 6) is 0.130. The first-order chi connectivity index (χ1) is 6.18. The van der Waals surface area contributed by atoms with E-state index in [1.54, 1.807) is 0 Å². The van der Waals surface area contributed by atoms with Crippen molar-refractivity contribution in [1.29, 1.82) is 0 Å². The van der Waals surface area contributed by atoms with Crippen molar-refractivity contribution in [3.8, 4) is 12.5 Å². The highest BCUT2D eigenvalue weighted by Gasteiger charge is 2.10. The Morgan fingerprint density at radius 3 is 2.92 bits per heavy atom. The number of carboxylic acids is 1. The summed E-state index contributed by atoms with van der Waals surface area (Å²) in [6, 6.07) is -0.800. The third-order valence-electron chi connectivity index (χ3n) is 1.00. The van der Waals surface area contributed by atoms with Crippen LogP contribution in [0.2, 0.25) is 0 Å². The lowest BCUT2D eigenvalue weighted by Crippen LogP contribution is -2.32. The minimum absolute atomic E-state index is 0.385. The Bertz CT molecular complexity index is 193. The first kappa shape index (κ1) is 12.5. The lowest BCUT2D eigenvalue weighted by atomic mass is 10.4. The van der Waals surface area contributed by atoms with Crippen LogP contribution in [-0.4, -0.2) is 35.2 Å². The number of ether oxygens (including phenoxy) is 1. The van der Waals surface area contributed by atoms with Gasteiger partial charge in [0.2, 0.25) is 0 Å². The van der Waals surface area contributed by atoms with Crippen molar-refractivity contribution in [2.45, 2.75) is 6.04 Å². The van der Waals surface area contributed by atoms with Crippen LogP contribution in [0.3, 0.4) is 0 Å². The van der Waals surface area contributed by atoms with E-state index in [1.807, 2.05) is 6.11 Å². The van der Waals surface area contributed by atoms with Crippen molar-refractivity contribution in [2.75, 3.05) is 18.1 Å². The fourth-order valence-electron chi connectivity index (χ4n) is 0.386. The van der Waals surface area contributed by atoms with Crippen molar-refractivity contribution in [3.63, 3.8) is 0 Å². The maximum atomic E-state index is 10.3. The number of hydrogen-bond acceptors (Lipinski definition) is 5. The highest BCUT2D eigenvalue weighted by molar-refractivity contribution is 8.76. The predicted molar refractivity (Wildman–Crippen MR) is 55.3 cm³/mol. The molecular weight excluding hydrogens is 210 g/mol. The molecule has 0 aliphatic rings. The average molecular weight is 221 g/mol. The minimum atomic E-state index is -0.979. The van der Waals surface area contributed by atoms with Crippen molar-refractivity contribution in [2.24, 2.45) is 5.73 Å². The molecule has 0 spiro atoms. The molecule has 4 nitrogen and oxygen atoms in total. The molecule has 0 radical (unpaired) electrons. The molecule has 3 N–H and O–H groups in total. The Morgan fingerprint density at radius 1 is 1.69 bits per heavy atom. The summed E-state index contributed by atoms with van der Waals surface area (Å²) in [7, 11) is 2.89. The Kier molecular flexibility index (Phi) is 7.79. The number of hydrogen-bond donors (Lipinski definition) is 2. The molecule has 74 valence electrons. The van der Waals surface area contributed by atoms with Crippen LogP contribution in [0.5, 0.6) is 0 Å². The summed E-state index contributed by atoms with van der Waals surface area (Å²) >= 11 is 0. The molecule has 1 unspecified atom stereocenters. The number of rotatable bonds is 7. The Hall–Kier alpha value is -0.510. The van der Waals surface area contributed by atoms with Crippen LogP contribution >= 0.6 is 21.6 Å². The van der Waals surface area contributed by atoms with Gasteiger partial charge in [-0.2, -0.15) is 0 Å². The first-order valence-electron chi connectivity index (χ1n) is 3.48. The van der Waals surface area contributed by atoms with Gasteiger partial charge in [0.15, 0.2) is 0 Å². The Morgan fingerprint density at radius 2 is 2.38 bits per heavy atom. The molecule has 0 aromatic rings. The molecule has 0 bridgehead atoms. The van der Waals surface area contributed by atoms with Crippen LogP contribution in [0, 0.1) is 12.5 Å². The molecule has 0 aliphatic carbocycles. The van der Waals surface area contributed by atoms with Gasteiger partial charge < -0.3 is 15.6 Å². The second-order valence-corrected chi connectivity index (χ2v) is 4.64. The number of carboxylic acid groups (broad SMARTS) is 1. The van der Waals surface area contributed by atoms with E-state index < -0.39 is 12.0 Å². The van der Waals surface area contributed by atoms with E-state index in [9.17, 15) is 4.79 Å². The summed E-state index contributed by atoms with van der Waals surface area (Å²) in [5.41, 5.74) is 5.26. The number of nitrogens with two attached hydrogens (primary N) is 1. The SMILES string of the molecule is C#COCCSSCC(N)C(=O)O. The van der Waals surface area contributed by atoms with Gasteiger partial charge in [0.25, 0.3) is 0 Å². The van der Waals surface area contributed by atoms with E-state index in [1.165, 1.54) is 21.6 Å². The van der Waals surface area contributed by atoms with E-state index in [2.05, 4.69) is 4.74 Å². The third kappa shape index (κ3) is 7.84. The largest absolute Gasteiger partial charge is 0.480 e. The van der Waals surface area contributed by atoms with E-state index in [0.29, 0.717) is 12.4 Å². The van der Waals surface area contributed by atoms with Crippen molar-refractivity contribution < 1.29 is 14.6 Å². The van der Waals surface area contributed by atoms with Crippen LogP contribution in [0.4, 0.5) is 0 Å². The topological polar surface area (TPSA) is 72.5 Å². The normalized spacial score (nSPS) is 11.7. The highest BCUT2D eigenvalue weighted by atomic mass is 33.1. The zero-order valence-electron chi connectivity index (χ0n) is 6.93. The van der Waals surface area contributed by atoms with Crippen LogP contribution in [0.1, 0.15) is 0 Å². The lowest BCUT2D eigenvalue weighted by Gasteiger charge is -2.04. The zero-order valence-corrected chi connectivity index (χ0v) is 8.57. The maximum Gasteiger partial charge on any atom is 0.321 e. The molecule has 1 atom stereocenters. The smallest absolute Gasteiger partial charge is 0.321 e. The Balaban J connectivity index is 3.17. The molecule has 0 rings (SSSR count). The van der Waals surface area contributed by atoms with Crippen molar-refractivity contribution >= 4 is 27.6 Å². The molecule has 6 heteroatoms. The van der Waals surface area contributed by atoms with Crippen molar-refractivity contribution in [3.05, 3.63) is 0 Å². The van der Waals surface area contributed by atoms with Gasteiger partial charge in [-0.15, -0.1) is 0 Å². The number of terminal acetylenes is 1. The number of carbonyl (C=O) groups is 1. The molecule has 0 aliphatic heterocycles. The molecule has 0 amide bonds. The lowest BCUT2D eigenvalue weighted by molar-refractivity contribution is -0.137. The summed E-state index contributed by atoms with van der Waals surface area (Å²) in [6.45, 7) is 0.469. The van der Waals surface area contributed by atoms with Crippen LogP contribution in [0.25, 0.3) is 0 Å². The molecule has 0 heterocycles. The molecule has 0 fully saturated rings. The second-order valence-electron chi connectivity index (χ2n) is 2.02. The number of aliphatic carboxylic acids is 1. The van der Waals surface area contributed by atoms with E-state index in [0.717, 1.165) is 5.75 Å². The van der Waals surface area contributed by atoms with E-state index in [4.69, 9.17) is 17.3 Å². The summed E-state index contributed by atoms with van der Waals surface area (Å²) in [6.07, 6.45) is 6.89. The van der Waals surface area contributed by atoms with Gasteiger partial charge in [0.05, 0.1) is 0 Å². The van der Waals surface area contributed by atoms with E-state index >= 15 is 0 Å². The van der Waals surface area contributed by atoms with Gasteiger partial charge in [0.1, 0.15) is 18.8 Å². The summed E-state index contributed by atoms with van der Waals surface area (Å²) in [5, 5.41) is 8.42. The fraction of sp³-hybridized carbons (Fsp3) is 0.571.